The van der Waals surface area contributed by atoms with Gasteiger partial charge in [0.05, 0.1) is 0 Å². The first-order chi connectivity index (χ1) is 9.19. The Hall–Kier alpha value is -1.21. The predicted octanol–water partition coefficient (Wildman–Crippen LogP) is 2.45. The maximum atomic E-state index is 12.5. The molecule has 0 saturated heterocycles. The summed E-state index contributed by atoms with van der Waals surface area (Å²) in [5.74, 6) is -0.0652. The largest absolute Gasteiger partial charge is 0.484 e. The average Bonchev–Trinajstić information content (AvgIpc) is 2.33. The summed E-state index contributed by atoms with van der Waals surface area (Å²) in [5, 5.41) is 0. The van der Waals surface area contributed by atoms with E-state index in [-0.39, 0.29) is 10.6 Å². The van der Waals surface area contributed by atoms with E-state index in [1.165, 1.54) is 18.2 Å². The summed E-state index contributed by atoms with van der Waals surface area (Å²) in [6.45, 7) is 3.02. The van der Waals surface area contributed by atoms with Crippen molar-refractivity contribution >= 4 is 10.0 Å². The summed E-state index contributed by atoms with van der Waals surface area (Å²) in [6, 6.07) is 5.76. The second-order valence-corrected chi connectivity index (χ2v) is 7.00. The third-order valence-electron chi connectivity index (χ3n) is 2.22. The molecular formula is C13H19F2NO3S. The number of nitrogens with one attached hydrogen (secondary N) is 1. The summed E-state index contributed by atoms with van der Waals surface area (Å²) in [5.41, 5.74) is -0.675. The number of benzene rings is 1. The minimum absolute atomic E-state index is 0.0652. The first-order valence-corrected chi connectivity index (χ1v) is 7.59. The molecule has 1 rings (SSSR count). The summed E-state index contributed by atoms with van der Waals surface area (Å²) >= 11 is 0. The Kier molecular flexibility index (Phi) is 5.47. The van der Waals surface area contributed by atoms with Crippen LogP contribution >= 0.6 is 0 Å². The van der Waals surface area contributed by atoms with Gasteiger partial charge in [0.2, 0.25) is 10.0 Å². The number of hydrogen-bond acceptors (Lipinski definition) is 3. The smallest absolute Gasteiger partial charge is 0.244 e. The first kappa shape index (κ1) is 16.8. The summed E-state index contributed by atoms with van der Waals surface area (Å²) in [6.07, 6.45) is -1.30. The summed E-state index contributed by atoms with van der Waals surface area (Å²) < 4.78 is 57.1. The van der Waals surface area contributed by atoms with Gasteiger partial charge in [0.1, 0.15) is 24.0 Å². The molecule has 0 unspecified atom stereocenters. The van der Waals surface area contributed by atoms with Crippen LogP contribution in [0.5, 0.6) is 5.75 Å². The van der Waals surface area contributed by atoms with Crippen LogP contribution in [-0.4, -0.2) is 33.4 Å². The van der Waals surface area contributed by atoms with E-state index >= 15 is 0 Å². The van der Waals surface area contributed by atoms with Gasteiger partial charge in [-0.05, 0) is 32.9 Å². The number of ether oxygens (including phenoxy) is 1. The van der Waals surface area contributed by atoms with Crippen molar-refractivity contribution in [2.24, 2.45) is 0 Å². The lowest BCUT2D eigenvalue weighted by Crippen LogP contribution is -2.40. The van der Waals surface area contributed by atoms with Crippen LogP contribution in [0.15, 0.2) is 29.2 Å². The number of alkyl halides is 2. The molecule has 0 amide bonds. The van der Waals surface area contributed by atoms with E-state index in [1.54, 1.807) is 26.8 Å². The topological polar surface area (TPSA) is 55.4 Å². The van der Waals surface area contributed by atoms with Gasteiger partial charge in [-0.25, -0.2) is 21.9 Å². The second-order valence-electron chi connectivity index (χ2n) is 5.35. The van der Waals surface area contributed by atoms with E-state index in [1.807, 2.05) is 0 Å². The van der Waals surface area contributed by atoms with E-state index in [2.05, 4.69) is 4.72 Å². The molecule has 0 aromatic heterocycles. The standard InChI is InChI=1S/C13H19F2NO3S/c1-13(2,3)16-20(17,18)12-7-5-4-6-11(12)19-10(8-14)9-15/h4-7,10,16H,8-9H2,1-3H3. The second kappa shape index (κ2) is 6.49. The molecule has 0 atom stereocenters. The molecule has 1 N–H and O–H groups in total. The van der Waals surface area contributed by atoms with E-state index < -0.39 is 35.0 Å². The SMILES string of the molecule is CC(C)(C)NS(=O)(=O)c1ccccc1OC(CF)CF. The van der Waals surface area contributed by atoms with Crippen molar-refractivity contribution < 1.29 is 21.9 Å². The highest BCUT2D eigenvalue weighted by molar-refractivity contribution is 7.89. The van der Waals surface area contributed by atoms with E-state index in [4.69, 9.17) is 4.74 Å². The van der Waals surface area contributed by atoms with Crippen LogP contribution in [0.4, 0.5) is 8.78 Å². The van der Waals surface area contributed by atoms with Gasteiger partial charge < -0.3 is 4.74 Å². The Balaban J connectivity index is 3.13. The van der Waals surface area contributed by atoms with E-state index in [0.29, 0.717) is 0 Å². The van der Waals surface area contributed by atoms with Crippen LogP contribution in [0.3, 0.4) is 0 Å². The quantitative estimate of drug-likeness (QED) is 0.878. The Bertz CT molecular complexity index is 537. The number of sulfonamides is 1. The zero-order chi connectivity index (χ0) is 15.4. The van der Waals surface area contributed by atoms with Gasteiger partial charge in [0, 0.05) is 5.54 Å². The van der Waals surface area contributed by atoms with Crippen molar-refractivity contribution in [3.8, 4) is 5.75 Å². The minimum Gasteiger partial charge on any atom is -0.484 e. The lowest BCUT2D eigenvalue weighted by molar-refractivity contribution is 0.130. The molecule has 0 saturated carbocycles. The Labute approximate surface area is 118 Å². The molecule has 0 fully saturated rings. The highest BCUT2D eigenvalue weighted by Crippen LogP contribution is 2.25. The highest BCUT2D eigenvalue weighted by Gasteiger charge is 2.26. The van der Waals surface area contributed by atoms with E-state index in [0.717, 1.165) is 0 Å². The number of hydrogen-bond donors (Lipinski definition) is 1. The lowest BCUT2D eigenvalue weighted by Gasteiger charge is -2.22. The third kappa shape index (κ3) is 4.72. The highest BCUT2D eigenvalue weighted by atomic mass is 32.2. The summed E-state index contributed by atoms with van der Waals surface area (Å²) in [4.78, 5) is -0.137. The van der Waals surface area contributed by atoms with Crippen molar-refractivity contribution in [1.29, 1.82) is 0 Å². The zero-order valence-electron chi connectivity index (χ0n) is 11.7. The van der Waals surface area contributed by atoms with Crippen molar-refractivity contribution in [3.05, 3.63) is 24.3 Å². The van der Waals surface area contributed by atoms with Gasteiger partial charge in [0.25, 0.3) is 0 Å². The number of halogens is 2. The van der Waals surface area contributed by atoms with Crippen LogP contribution < -0.4 is 9.46 Å². The Morgan fingerprint density at radius 2 is 1.75 bits per heavy atom. The molecule has 1 aromatic carbocycles. The fraction of sp³-hybridized carbons (Fsp3) is 0.538. The summed E-state index contributed by atoms with van der Waals surface area (Å²) in [7, 11) is -3.83. The molecule has 20 heavy (non-hydrogen) atoms. The Morgan fingerprint density at radius 3 is 2.25 bits per heavy atom. The third-order valence-corrected chi connectivity index (χ3v) is 4.01. The normalized spacial score (nSPS) is 12.7. The molecule has 0 aliphatic rings. The first-order valence-electron chi connectivity index (χ1n) is 6.11. The molecule has 4 nitrogen and oxygen atoms in total. The fourth-order valence-corrected chi connectivity index (χ4v) is 3.07. The molecule has 0 spiro atoms. The van der Waals surface area contributed by atoms with E-state index in [9.17, 15) is 17.2 Å². The van der Waals surface area contributed by atoms with Gasteiger partial charge in [-0.2, -0.15) is 0 Å². The van der Waals surface area contributed by atoms with Crippen LogP contribution in [0.25, 0.3) is 0 Å². The van der Waals surface area contributed by atoms with Crippen molar-refractivity contribution in [2.75, 3.05) is 13.3 Å². The zero-order valence-corrected chi connectivity index (χ0v) is 12.5. The van der Waals surface area contributed by atoms with Gasteiger partial charge in [-0.3, -0.25) is 0 Å². The predicted molar refractivity (Wildman–Crippen MR) is 72.9 cm³/mol. The average molecular weight is 307 g/mol. The van der Waals surface area contributed by atoms with Crippen LogP contribution in [0.1, 0.15) is 20.8 Å². The number of para-hydroxylation sites is 1. The van der Waals surface area contributed by atoms with Gasteiger partial charge in [-0.15, -0.1) is 0 Å². The molecular weight excluding hydrogens is 288 g/mol. The molecule has 0 bridgehead atoms. The molecule has 0 heterocycles. The van der Waals surface area contributed by atoms with Crippen molar-refractivity contribution in [3.63, 3.8) is 0 Å². The van der Waals surface area contributed by atoms with Gasteiger partial charge in [0.15, 0.2) is 6.10 Å². The minimum atomic E-state index is -3.83. The van der Waals surface area contributed by atoms with Gasteiger partial charge >= 0.3 is 0 Å². The molecule has 0 radical (unpaired) electrons. The van der Waals surface area contributed by atoms with Gasteiger partial charge in [-0.1, -0.05) is 12.1 Å². The monoisotopic (exact) mass is 307 g/mol. The lowest BCUT2D eigenvalue weighted by atomic mass is 10.1. The Morgan fingerprint density at radius 1 is 1.20 bits per heavy atom. The van der Waals surface area contributed by atoms with Crippen LogP contribution in [0, 0.1) is 0 Å². The fourth-order valence-electron chi connectivity index (χ4n) is 1.51. The molecule has 0 aliphatic carbocycles. The molecule has 0 aliphatic heterocycles. The van der Waals surface area contributed by atoms with Crippen LogP contribution in [0.2, 0.25) is 0 Å². The molecule has 114 valence electrons. The molecule has 7 heteroatoms. The number of rotatable bonds is 6. The van der Waals surface area contributed by atoms with Crippen molar-refractivity contribution in [1.82, 2.24) is 4.72 Å². The molecule has 1 aromatic rings. The van der Waals surface area contributed by atoms with Crippen LogP contribution in [-0.2, 0) is 10.0 Å². The maximum absolute atomic E-state index is 12.5. The maximum Gasteiger partial charge on any atom is 0.244 e. The van der Waals surface area contributed by atoms with Crippen molar-refractivity contribution in [2.45, 2.75) is 37.3 Å².